The summed E-state index contributed by atoms with van der Waals surface area (Å²) in [6, 6.07) is 4.09. The summed E-state index contributed by atoms with van der Waals surface area (Å²) in [5.41, 5.74) is 8.99. The molecule has 1 heterocycles. The minimum Gasteiger partial charge on any atom is -0.489 e. The topological polar surface area (TPSA) is 107 Å². The van der Waals surface area contributed by atoms with Crippen LogP contribution in [0.2, 0.25) is 0 Å². The Morgan fingerprint density at radius 3 is 2.42 bits per heavy atom. The van der Waals surface area contributed by atoms with Crippen molar-refractivity contribution in [3.05, 3.63) is 29.2 Å². The molecule has 1 amide bonds. The number of amides is 1. The van der Waals surface area contributed by atoms with E-state index in [-0.39, 0.29) is 18.8 Å². The number of ether oxygens (including phenoxy) is 2. The Bertz CT molecular complexity index is 785. The number of hydrogen-bond donors (Lipinski definition) is 2. The van der Waals surface area contributed by atoms with Crippen LogP contribution in [0.4, 0.5) is 4.79 Å². The molecule has 0 unspecified atom stereocenters. The van der Waals surface area contributed by atoms with Crippen LogP contribution in [-0.2, 0) is 4.74 Å². The standard InChI is InChI=1S/C23H37N5O3/c1-16-21(31-18-10-5-4-6-11-18)13-12-19(26-16)22(24)20(28(3)25)14-15-30-23(29)27(2)17-8-7-9-17/h12-13,17-18H,4-11,14-15,24-25H2,1-3H3/b22-20-. The molecule has 2 fully saturated rings. The van der Waals surface area contributed by atoms with E-state index in [4.69, 9.17) is 21.1 Å². The highest BCUT2D eigenvalue weighted by Gasteiger charge is 2.26. The van der Waals surface area contributed by atoms with Gasteiger partial charge in [0.2, 0.25) is 0 Å². The van der Waals surface area contributed by atoms with Gasteiger partial charge in [0, 0.05) is 26.6 Å². The maximum Gasteiger partial charge on any atom is 0.409 e. The molecule has 4 N–H and O–H groups in total. The monoisotopic (exact) mass is 431 g/mol. The van der Waals surface area contributed by atoms with Crippen molar-refractivity contribution < 1.29 is 14.3 Å². The molecule has 2 aliphatic rings. The fourth-order valence-electron chi connectivity index (χ4n) is 4.09. The molecule has 0 bridgehead atoms. The van der Waals surface area contributed by atoms with Crippen LogP contribution in [0.5, 0.6) is 5.75 Å². The molecule has 1 aromatic heterocycles. The summed E-state index contributed by atoms with van der Waals surface area (Å²) in [7, 11) is 3.51. The van der Waals surface area contributed by atoms with Crippen molar-refractivity contribution in [2.24, 2.45) is 11.6 Å². The predicted octanol–water partition coefficient (Wildman–Crippen LogP) is 3.55. The molecule has 0 saturated heterocycles. The molecule has 0 aromatic carbocycles. The van der Waals surface area contributed by atoms with Crippen LogP contribution in [-0.4, -0.2) is 53.8 Å². The second kappa shape index (κ2) is 10.7. The van der Waals surface area contributed by atoms with Gasteiger partial charge in [-0.25, -0.2) is 15.6 Å². The van der Waals surface area contributed by atoms with Crippen LogP contribution in [0, 0.1) is 6.92 Å². The van der Waals surface area contributed by atoms with Gasteiger partial charge in [-0.2, -0.15) is 0 Å². The lowest BCUT2D eigenvalue weighted by atomic mass is 9.92. The van der Waals surface area contributed by atoms with Gasteiger partial charge in [0.1, 0.15) is 5.75 Å². The summed E-state index contributed by atoms with van der Waals surface area (Å²) >= 11 is 0. The smallest absolute Gasteiger partial charge is 0.409 e. The molecule has 0 spiro atoms. The van der Waals surface area contributed by atoms with Gasteiger partial charge in [-0.1, -0.05) is 6.42 Å². The predicted molar refractivity (Wildman–Crippen MR) is 121 cm³/mol. The zero-order chi connectivity index (χ0) is 22.4. The van der Waals surface area contributed by atoms with Crippen molar-refractivity contribution >= 4 is 11.8 Å². The van der Waals surface area contributed by atoms with E-state index in [2.05, 4.69) is 4.98 Å². The number of pyridine rings is 1. The minimum absolute atomic E-state index is 0.204. The van der Waals surface area contributed by atoms with E-state index >= 15 is 0 Å². The maximum absolute atomic E-state index is 12.2. The van der Waals surface area contributed by atoms with Gasteiger partial charge >= 0.3 is 6.09 Å². The lowest BCUT2D eigenvalue weighted by molar-refractivity contribution is 0.0797. The summed E-state index contributed by atoms with van der Waals surface area (Å²) in [5, 5.41) is 1.46. The second-order valence-corrected chi connectivity index (χ2v) is 8.69. The van der Waals surface area contributed by atoms with Gasteiger partial charge in [0.25, 0.3) is 0 Å². The van der Waals surface area contributed by atoms with E-state index in [1.165, 1.54) is 30.7 Å². The zero-order valence-electron chi connectivity index (χ0n) is 19.1. The van der Waals surface area contributed by atoms with E-state index in [0.717, 1.165) is 37.1 Å². The molecule has 0 aliphatic heterocycles. The average Bonchev–Trinajstić information content (AvgIpc) is 2.71. The summed E-state index contributed by atoms with van der Waals surface area (Å²) in [6.45, 7) is 2.13. The average molecular weight is 432 g/mol. The third kappa shape index (κ3) is 6.03. The van der Waals surface area contributed by atoms with Crippen molar-refractivity contribution in [2.75, 3.05) is 20.7 Å². The van der Waals surface area contributed by atoms with Gasteiger partial charge < -0.3 is 25.1 Å². The second-order valence-electron chi connectivity index (χ2n) is 8.69. The highest BCUT2D eigenvalue weighted by atomic mass is 16.6. The van der Waals surface area contributed by atoms with Crippen LogP contribution in [0.25, 0.3) is 5.70 Å². The number of rotatable bonds is 8. The van der Waals surface area contributed by atoms with E-state index < -0.39 is 0 Å². The Balaban J connectivity index is 1.62. The van der Waals surface area contributed by atoms with E-state index in [1.54, 1.807) is 19.0 Å². The number of carbonyl (C=O) groups is 1. The molecule has 2 saturated carbocycles. The molecule has 8 heteroatoms. The molecular formula is C23H37N5O3. The SMILES string of the molecule is Cc1nc(/C(N)=C(\CCOC(=O)N(C)C2CCC2)N(C)N)ccc1OC1CCCCC1. The molecule has 3 rings (SSSR count). The lowest BCUT2D eigenvalue weighted by Crippen LogP contribution is -2.41. The van der Waals surface area contributed by atoms with Crippen LogP contribution >= 0.6 is 0 Å². The quantitative estimate of drug-likeness (QED) is 0.479. The molecule has 0 radical (unpaired) electrons. The van der Waals surface area contributed by atoms with E-state index in [1.807, 2.05) is 19.1 Å². The van der Waals surface area contributed by atoms with Crippen LogP contribution in [0.15, 0.2) is 17.8 Å². The van der Waals surface area contributed by atoms with Crippen molar-refractivity contribution in [1.29, 1.82) is 0 Å². The highest BCUT2D eigenvalue weighted by Crippen LogP contribution is 2.27. The summed E-state index contributed by atoms with van der Waals surface area (Å²) < 4.78 is 11.6. The highest BCUT2D eigenvalue weighted by molar-refractivity contribution is 5.68. The fraction of sp³-hybridized carbons (Fsp3) is 0.652. The van der Waals surface area contributed by atoms with Gasteiger partial charge in [0.05, 0.1) is 35.5 Å². The van der Waals surface area contributed by atoms with Crippen LogP contribution in [0.3, 0.4) is 0 Å². The Labute approximate surface area is 185 Å². The van der Waals surface area contributed by atoms with Crippen molar-refractivity contribution in [2.45, 2.75) is 76.9 Å². The number of carbonyl (C=O) groups excluding carboxylic acids is 1. The number of nitrogens with two attached hydrogens (primary N) is 2. The van der Waals surface area contributed by atoms with Gasteiger partial charge in [-0.3, -0.25) is 0 Å². The number of nitrogens with zero attached hydrogens (tertiary/aromatic N) is 3. The first kappa shape index (κ1) is 23.2. The Kier molecular flexibility index (Phi) is 8.01. The summed E-state index contributed by atoms with van der Waals surface area (Å²) in [5.74, 6) is 6.82. The molecule has 31 heavy (non-hydrogen) atoms. The lowest BCUT2D eigenvalue weighted by Gasteiger charge is -2.33. The van der Waals surface area contributed by atoms with Crippen molar-refractivity contribution in [3.63, 3.8) is 0 Å². The van der Waals surface area contributed by atoms with Gasteiger partial charge in [0.15, 0.2) is 0 Å². The van der Waals surface area contributed by atoms with Crippen LogP contribution in [0.1, 0.15) is 69.2 Å². The third-order valence-electron chi connectivity index (χ3n) is 6.37. The van der Waals surface area contributed by atoms with Crippen molar-refractivity contribution in [1.82, 2.24) is 14.9 Å². The molecule has 2 aliphatic carbocycles. The Morgan fingerprint density at radius 1 is 1.13 bits per heavy atom. The van der Waals surface area contributed by atoms with Gasteiger partial charge in [-0.05, 0) is 64.0 Å². The molecule has 172 valence electrons. The molecule has 8 nitrogen and oxygen atoms in total. The van der Waals surface area contributed by atoms with Crippen LogP contribution < -0.4 is 16.3 Å². The van der Waals surface area contributed by atoms with Gasteiger partial charge in [-0.15, -0.1) is 0 Å². The largest absolute Gasteiger partial charge is 0.489 e. The van der Waals surface area contributed by atoms with Crippen molar-refractivity contribution in [3.8, 4) is 5.75 Å². The molecule has 1 aromatic rings. The fourth-order valence-corrected chi connectivity index (χ4v) is 4.09. The Morgan fingerprint density at radius 2 is 1.84 bits per heavy atom. The first-order valence-corrected chi connectivity index (χ1v) is 11.4. The zero-order valence-corrected chi connectivity index (χ0v) is 19.1. The molecule has 0 atom stereocenters. The number of aryl methyl sites for hydroxylation is 1. The number of aromatic nitrogens is 1. The van der Waals surface area contributed by atoms with E-state index in [9.17, 15) is 4.79 Å². The summed E-state index contributed by atoms with van der Waals surface area (Å²) in [4.78, 5) is 18.5. The number of hydrogen-bond acceptors (Lipinski definition) is 7. The first-order chi connectivity index (χ1) is 14.9. The van der Waals surface area contributed by atoms with E-state index in [0.29, 0.717) is 29.6 Å². The summed E-state index contributed by atoms with van der Waals surface area (Å²) in [6.07, 6.45) is 9.55. The normalized spacial score (nSPS) is 18.1. The number of hydrazine groups is 1. The first-order valence-electron chi connectivity index (χ1n) is 11.4. The third-order valence-corrected chi connectivity index (χ3v) is 6.37. The molecular weight excluding hydrogens is 394 g/mol. The maximum atomic E-state index is 12.2. The minimum atomic E-state index is -0.305. The Hall–Kier alpha value is -2.48.